The molecule has 6 rings (SSSR count). The standard InChI is InChI=1S/C19H22N4O3.C18H20N4O4/c1-23(2)14-8-6-12(7-9-14)17-18(21-22-20-17)13-10-15(24-3)19(26-5)16(11-13)25-4;1-23-13-6-5-10(7-12(13)19)16-17(21-22-20-16)11-8-14(24-2)18(26-4)15(9-11)25-3/h6-11H,1-5H3,(H,20,21,22);5-9H,19H2,1-4H3,(H,20,21,22). The van der Waals surface area contributed by atoms with E-state index < -0.39 is 0 Å². The first-order chi connectivity index (χ1) is 25.2. The van der Waals surface area contributed by atoms with E-state index in [1.165, 1.54) is 0 Å². The number of nitrogen functional groups attached to an aromatic ring is 1. The van der Waals surface area contributed by atoms with Crippen LogP contribution in [0.3, 0.4) is 0 Å². The van der Waals surface area contributed by atoms with E-state index in [9.17, 15) is 0 Å². The van der Waals surface area contributed by atoms with Gasteiger partial charge in [0.2, 0.25) is 11.5 Å². The van der Waals surface area contributed by atoms with E-state index in [0.29, 0.717) is 63.0 Å². The quantitative estimate of drug-likeness (QED) is 0.126. The van der Waals surface area contributed by atoms with Crippen molar-refractivity contribution in [2.24, 2.45) is 0 Å². The second-order valence-corrected chi connectivity index (χ2v) is 11.3. The molecule has 0 atom stereocenters. The van der Waals surface area contributed by atoms with Crippen LogP contribution >= 0.6 is 0 Å². The van der Waals surface area contributed by atoms with Crippen molar-refractivity contribution in [1.29, 1.82) is 0 Å². The predicted octanol–water partition coefficient (Wildman–Crippen LogP) is 5.99. The molecule has 4 aromatic carbocycles. The fourth-order valence-corrected chi connectivity index (χ4v) is 5.50. The SMILES string of the molecule is COc1cc(-c2n[nH]nc2-c2ccc(N(C)C)cc2)cc(OC)c1OC.COc1ccc(-c2n[nH]nc2-c2cc(OC)c(OC)c(OC)c2)cc1N. The molecule has 0 fully saturated rings. The van der Waals surface area contributed by atoms with E-state index in [1.807, 2.05) is 73.6 Å². The second-order valence-electron chi connectivity index (χ2n) is 11.3. The fraction of sp³-hybridized carbons (Fsp3) is 0.243. The van der Waals surface area contributed by atoms with E-state index in [4.69, 9.17) is 38.9 Å². The Morgan fingerprint density at radius 2 is 0.808 bits per heavy atom. The molecule has 0 saturated heterocycles. The minimum absolute atomic E-state index is 0.512. The number of nitrogens with zero attached hydrogens (tertiary/aromatic N) is 5. The molecule has 0 radical (unpaired) electrons. The maximum absolute atomic E-state index is 6.02. The average molecular weight is 711 g/mol. The van der Waals surface area contributed by atoms with Crippen molar-refractivity contribution in [1.82, 2.24) is 30.8 Å². The van der Waals surface area contributed by atoms with Crippen molar-refractivity contribution in [3.8, 4) is 85.3 Å². The van der Waals surface area contributed by atoms with Crippen LogP contribution in [0.4, 0.5) is 11.4 Å². The van der Waals surface area contributed by atoms with Crippen molar-refractivity contribution in [2.45, 2.75) is 0 Å². The Hall–Kier alpha value is -6.64. The van der Waals surface area contributed by atoms with Gasteiger partial charge in [0.05, 0.1) is 55.5 Å². The van der Waals surface area contributed by atoms with Gasteiger partial charge >= 0.3 is 0 Å². The maximum Gasteiger partial charge on any atom is 0.203 e. The van der Waals surface area contributed by atoms with Crippen LogP contribution in [0.1, 0.15) is 0 Å². The summed E-state index contributed by atoms with van der Waals surface area (Å²) in [5.74, 6) is 3.86. The minimum Gasteiger partial charge on any atom is -0.495 e. The summed E-state index contributed by atoms with van der Waals surface area (Å²) in [5.41, 5.74) is 13.7. The number of nitrogens with two attached hydrogens (primary N) is 1. The zero-order valence-electron chi connectivity index (χ0n) is 30.5. The summed E-state index contributed by atoms with van der Waals surface area (Å²) in [6, 6.07) is 20.9. The Bertz CT molecular complexity index is 2060. The summed E-state index contributed by atoms with van der Waals surface area (Å²) in [4.78, 5) is 2.05. The molecule has 15 heteroatoms. The molecule has 6 aromatic rings. The number of methoxy groups -OCH3 is 7. The molecule has 0 aliphatic carbocycles. The highest BCUT2D eigenvalue weighted by Gasteiger charge is 2.21. The lowest BCUT2D eigenvalue weighted by Crippen LogP contribution is -2.07. The number of hydrogen-bond acceptors (Lipinski definition) is 13. The molecule has 0 spiro atoms. The molecule has 2 aromatic heterocycles. The van der Waals surface area contributed by atoms with Crippen LogP contribution in [-0.4, -0.2) is 94.7 Å². The number of hydrogen-bond donors (Lipinski definition) is 3. The van der Waals surface area contributed by atoms with Gasteiger partial charge in [-0.15, -0.1) is 0 Å². The molecular formula is C37H42N8O7. The smallest absolute Gasteiger partial charge is 0.203 e. The number of anilines is 2. The largest absolute Gasteiger partial charge is 0.495 e. The first kappa shape index (κ1) is 36.6. The third-order valence-corrected chi connectivity index (χ3v) is 8.13. The van der Waals surface area contributed by atoms with Gasteiger partial charge in [-0.3, -0.25) is 0 Å². The van der Waals surface area contributed by atoms with Gasteiger partial charge in [-0.2, -0.15) is 30.8 Å². The zero-order chi connectivity index (χ0) is 37.4. The van der Waals surface area contributed by atoms with Gasteiger partial charge in [-0.1, -0.05) is 12.1 Å². The number of rotatable bonds is 12. The summed E-state index contributed by atoms with van der Waals surface area (Å²) < 4.78 is 37.6. The third kappa shape index (κ3) is 7.43. The molecule has 15 nitrogen and oxygen atoms in total. The van der Waals surface area contributed by atoms with Crippen LogP contribution in [0.25, 0.3) is 45.0 Å². The van der Waals surface area contributed by atoms with E-state index in [-0.39, 0.29) is 0 Å². The molecule has 0 unspecified atom stereocenters. The average Bonchev–Trinajstić information content (AvgIpc) is 3.88. The van der Waals surface area contributed by atoms with Crippen LogP contribution in [0.5, 0.6) is 40.2 Å². The van der Waals surface area contributed by atoms with Gasteiger partial charge < -0.3 is 43.8 Å². The van der Waals surface area contributed by atoms with Gasteiger partial charge in [0.25, 0.3) is 0 Å². The lowest BCUT2D eigenvalue weighted by molar-refractivity contribution is 0.324. The van der Waals surface area contributed by atoms with E-state index >= 15 is 0 Å². The molecule has 0 bridgehead atoms. The van der Waals surface area contributed by atoms with Crippen LogP contribution in [-0.2, 0) is 0 Å². The Balaban J connectivity index is 0.000000201. The van der Waals surface area contributed by atoms with Crippen LogP contribution in [0, 0.1) is 0 Å². The molecule has 0 aliphatic heterocycles. The highest BCUT2D eigenvalue weighted by atomic mass is 16.5. The van der Waals surface area contributed by atoms with Crippen molar-refractivity contribution in [3.05, 3.63) is 66.7 Å². The number of aromatic nitrogens is 6. The van der Waals surface area contributed by atoms with Crippen molar-refractivity contribution >= 4 is 11.4 Å². The lowest BCUT2D eigenvalue weighted by Gasteiger charge is -2.14. The topological polar surface area (TPSA) is 177 Å². The van der Waals surface area contributed by atoms with Crippen LogP contribution in [0.15, 0.2) is 66.7 Å². The van der Waals surface area contributed by atoms with Crippen LogP contribution in [0.2, 0.25) is 0 Å². The van der Waals surface area contributed by atoms with Gasteiger partial charge in [-0.25, -0.2) is 0 Å². The predicted molar refractivity (Wildman–Crippen MR) is 199 cm³/mol. The lowest BCUT2D eigenvalue weighted by atomic mass is 10.0. The first-order valence-corrected chi connectivity index (χ1v) is 15.9. The number of ether oxygens (including phenoxy) is 7. The zero-order valence-corrected chi connectivity index (χ0v) is 30.5. The van der Waals surface area contributed by atoms with E-state index in [1.54, 1.807) is 61.9 Å². The van der Waals surface area contributed by atoms with Gasteiger partial charge in [0, 0.05) is 42.0 Å². The molecule has 52 heavy (non-hydrogen) atoms. The molecule has 0 aliphatic rings. The summed E-state index contributed by atoms with van der Waals surface area (Å²) in [6.07, 6.45) is 0. The molecular weight excluding hydrogens is 668 g/mol. The maximum atomic E-state index is 6.02. The highest BCUT2D eigenvalue weighted by molar-refractivity contribution is 5.82. The van der Waals surface area contributed by atoms with Crippen molar-refractivity contribution < 1.29 is 33.2 Å². The Labute approximate surface area is 301 Å². The van der Waals surface area contributed by atoms with E-state index in [2.05, 4.69) is 30.8 Å². The van der Waals surface area contributed by atoms with Crippen molar-refractivity contribution in [3.63, 3.8) is 0 Å². The Morgan fingerprint density at radius 3 is 1.15 bits per heavy atom. The summed E-state index contributed by atoms with van der Waals surface area (Å²) in [6.45, 7) is 0. The number of benzene rings is 4. The van der Waals surface area contributed by atoms with Crippen molar-refractivity contribution in [2.75, 3.05) is 74.5 Å². The minimum atomic E-state index is 0.512. The second kappa shape index (κ2) is 16.4. The summed E-state index contributed by atoms with van der Waals surface area (Å²) in [5, 5.41) is 22.6. The normalized spacial score (nSPS) is 10.5. The van der Waals surface area contributed by atoms with Gasteiger partial charge in [-0.05, 0) is 54.6 Å². The highest BCUT2D eigenvalue weighted by Crippen LogP contribution is 2.44. The molecule has 0 amide bonds. The van der Waals surface area contributed by atoms with Gasteiger partial charge in [0.15, 0.2) is 23.0 Å². The fourth-order valence-electron chi connectivity index (χ4n) is 5.50. The van der Waals surface area contributed by atoms with Crippen LogP contribution < -0.4 is 43.8 Å². The third-order valence-electron chi connectivity index (χ3n) is 8.13. The first-order valence-electron chi connectivity index (χ1n) is 15.9. The Kier molecular flexibility index (Phi) is 11.5. The Morgan fingerprint density at radius 1 is 0.442 bits per heavy atom. The van der Waals surface area contributed by atoms with E-state index in [0.717, 1.165) is 33.6 Å². The molecule has 2 heterocycles. The van der Waals surface area contributed by atoms with Gasteiger partial charge in [0.1, 0.15) is 28.5 Å². The monoisotopic (exact) mass is 710 g/mol. The number of H-pyrrole nitrogens is 2. The molecule has 272 valence electrons. The molecule has 0 saturated carbocycles. The summed E-state index contributed by atoms with van der Waals surface area (Å²) >= 11 is 0. The number of nitrogens with one attached hydrogen (secondary N) is 2. The molecule has 4 N–H and O–H groups in total. The number of aromatic amines is 2. The summed E-state index contributed by atoms with van der Waals surface area (Å²) in [7, 11) is 15.0.